The topological polar surface area (TPSA) is 55.1 Å². The summed E-state index contributed by atoms with van der Waals surface area (Å²) in [6, 6.07) is 2.34. The Morgan fingerprint density at radius 2 is 2.00 bits per heavy atom. The van der Waals surface area contributed by atoms with Gasteiger partial charge in [0.25, 0.3) is 0 Å². The highest BCUT2D eigenvalue weighted by molar-refractivity contribution is 5.79. The minimum Gasteiger partial charge on any atom is -0.368 e. The molecule has 0 aromatic heterocycles. The van der Waals surface area contributed by atoms with Crippen molar-refractivity contribution >= 4 is 5.91 Å². The van der Waals surface area contributed by atoms with Crippen LogP contribution in [0.25, 0.3) is 0 Å². The third-order valence-corrected chi connectivity index (χ3v) is 2.36. The molecule has 0 spiro atoms. The number of amides is 1. The fourth-order valence-electron chi connectivity index (χ4n) is 1.40. The van der Waals surface area contributed by atoms with Gasteiger partial charge in [-0.1, -0.05) is 6.07 Å². The van der Waals surface area contributed by atoms with Gasteiger partial charge in [-0.2, -0.15) is 0 Å². The van der Waals surface area contributed by atoms with Gasteiger partial charge in [0, 0.05) is 17.7 Å². The summed E-state index contributed by atoms with van der Waals surface area (Å²) >= 11 is 0. The summed E-state index contributed by atoms with van der Waals surface area (Å²) in [4.78, 5) is 10.8. The van der Waals surface area contributed by atoms with Crippen LogP contribution in [0, 0.1) is 11.6 Å². The van der Waals surface area contributed by atoms with Gasteiger partial charge in [0.2, 0.25) is 5.91 Å². The van der Waals surface area contributed by atoms with Crippen molar-refractivity contribution in [3.63, 3.8) is 0 Å². The van der Waals surface area contributed by atoms with Crippen molar-refractivity contribution in [2.24, 2.45) is 5.73 Å². The highest BCUT2D eigenvalue weighted by Gasteiger charge is 2.16. The van der Waals surface area contributed by atoms with Crippen LogP contribution >= 0.6 is 0 Å². The van der Waals surface area contributed by atoms with E-state index < -0.39 is 29.6 Å². The summed E-state index contributed by atoms with van der Waals surface area (Å²) in [6.45, 7) is 3.26. The van der Waals surface area contributed by atoms with Crippen LogP contribution in [-0.4, -0.2) is 11.9 Å². The highest BCUT2D eigenvalue weighted by Crippen LogP contribution is 2.17. The van der Waals surface area contributed by atoms with Crippen LogP contribution in [0.2, 0.25) is 0 Å². The van der Waals surface area contributed by atoms with E-state index in [0.717, 1.165) is 6.07 Å². The van der Waals surface area contributed by atoms with Crippen LogP contribution in [0.1, 0.15) is 25.5 Å². The number of carbonyl (C=O) groups is 1. The smallest absolute Gasteiger partial charge is 0.234 e. The van der Waals surface area contributed by atoms with Crippen LogP contribution in [0.15, 0.2) is 18.2 Å². The molecular formula is C11H14F2N2O. The lowest BCUT2D eigenvalue weighted by Gasteiger charge is -2.18. The molecule has 0 aliphatic rings. The van der Waals surface area contributed by atoms with Crippen molar-refractivity contribution < 1.29 is 13.6 Å². The number of primary amides is 1. The standard InChI is InChI=1S/C11H14F2N2O/c1-6(15-7(2)11(14)16)9-4-3-8(12)5-10(9)13/h3-7,15H,1-2H3,(H2,14,16)/t6-,7+/m1/s1. The zero-order valence-electron chi connectivity index (χ0n) is 9.13. The van der Waals surface area contributed by atoms with Crippen molar-refractivity contribution in [3.8, 4) is 0 Å². The number of rotatable bonds is 4. The molecule has 1 rings (SSSR count). The molecule has 3 N–H and O–H groups in total. The molecule has 2 atom stereocenters. The quantitative estimate of drug-likeness (QED) is 0.820. The molecule has 3 nitrogen and oxygen atoms in total. The first-order valence-electron chi connectivity index (χ1n) is 4.92. The SMILES string of the molecule is C[C@H](N[C@H](C)c1ccc(F)cc1F)C(N)=O. The Labute approximate surface area is 92.6 Å². The fraction of sp³-hybridized carbons (Fsp3) is 0.364. The molecule has 0 saturated carbocycles. The molecule has 88 valence electrons. The largest absolute Gasteiger partial charge is 0.368 e. The summed E-state index contributed by atoms with van der Waals surface area (Å²) in [7, 11) is 0. The number of nitrogens with one attached hydrogen (secondary N) is 1. The number of hydrogen-bond acceptors (Lipinski definition) is 2. The van der Waals surface area contributed by atoms with Crippen molar-refractivity contribution in [3.05, 3.63) is 35.4 Å². The number of benzene rings is 1. The monoisotopic (exact) mass is 228 g/mol. The van der Waals surface area contributed by atoms with E-state index in [2.05, 4.69) is 5.32 Å². The molecule has 1 aromatic carbocycles. The van der Waals surface area contributed by atoms with Gasteiger partial charge < -0.3 is 5.73 Å². The first kappa shape index (κ1) is 12.6. The van der Waals surface area contributed by atoms with Gasteiger partial charge in [0.1, 0.15) is 11.6 Å². The van der Waals surface area contributed by atoms with Crippen molar-refractivity contribution in [1.29, 1.82) is 0 Å². The molecule has 0 aliphatic carbocycles. The molecule has 0 radical (unpaired) electrons. The van der Waals surface area contributed by atoms with Crippen LogP contribution in [0.4, 0.5) is 8.78 Å². The summed E-state index contributed by atoms with van der Waals surface area (Å²) in [6.07, 6.45) is 0. The Morgan fingerprint density at radius 3 is 2.50 bits per heavy atom. The van der Waals surface area contributed by atoms with Gasteiger partial charge in [0.15, 0.2) is 0 Å². The summed E-state index contributed by atoms with van der Waals surface area (Å²) in [5, 5.41) is 2.82. The number of halogens is 2. The molecule has 0 saturated heterocycles. The summed E-state index contributed by atoms with van der Waals surface area (Å²) < 4.78 is 26.0. The van der Waals surface area contributed by atoms with Gasteiger partial charge in [-0.05, 0) is 19.9 Å². The van der Waals surface area contributed by atoms with Gasteiger partial charge in [-0.15, -0.1) is 0 Å². The molecule has 5 heteroatoms. The Balaban J connectivity index is 2.80. The van der Waals surface area contributed by atoms with E-state index in [9.17, 15) is 13.6 Å². The van der Waals surface area contributed by atoms with E-state index >= 15 is 0 Å². The van der Waals surface area contributed by atoms with Crippen LogP contribution < -0.4 is 11.1 Å². The molecule has 0 unspecified atom stereocenters. The van der Waals surface area contributed by atoms with E-state index in [4.69, 9.17) is 5.73 Å². The van der Waals surface area contributed by atoms with Crippen molar-refractivity contribution in [2.45, 2.75) is 25.9 Å². The van der Waals surface area contributed by atoms with E-state index in [1.807, 2.05) is 0 Å². The first-order valence-corrected chi connectivity index (χ1v) is 4.92. The number of carbonyl (C=O) groups excluding carboxylic acids is 1. The van der Waals surface area contributed by atoms with Crippen LogP contribution in [0.3, 0.4) is 0 Å². The molecular weight excluding hydrogens is 214 g/mol. The van der Waals surface area contributed by atoms with Gasteiger partial charge in [-0.3, -0.25) is 10.1 Å². The minimum atomic E-state index is -0.642. The number of hydrogen-bond donors (Lipinski definition) is 2. The minimum absolute atomic E-state index is 0.300. The third-order valence-electron chi connectivity index (χ3n) is 2.36. The van der Waals surface area contributed by atoms with E-state index in [-0.39, 0.29) is 0 Å². The summed E-state index contributed by atoms with van der Waals surface area (Å²) in [5.41, 5.74) is 5.37. The first-order chi connectivity index (χ1) is 7.41. The maximum absolute atomic E-state index is 13.4. The normalized spacial score (nSPS) is 14.5. The average molecular weight is 228 g/mol. The summed E-state index contributed by atoms with van der Waals surface area (Å²) in [5.74, 6) is -1.79. The molecule has 0 aliphatic heterocycles. The van der Waals surface area contributed by atoms with Crippen molar-refractivity contribution in [2.75, 3.05) is 0 Å². The molecule has 0 fully saturated rings. The maximum atomic E-state index is 13.4. The highest BCUT2D eigenvalue weighted by atomic mass is 19.1. The lowest BCUT2D eigenvalue weighted by molar-refractivity contribution is -0.119. The molecule has 1 amide bonds. The second kappa shape index (κ2) is 5.03. The van der Waals surface area contributed by atoms with Crippen LogP contribution in [0.5, 0.6) is 0 Å². The molecule has 0 heterocycles. The van der Waals surface area contributed by atoms with Crippen LogP contribution in [-0.2, 0) is 4.79 Å². The lowest BCUT2D eigenvalue weighted by Crippen LogP contribution is -2.40. The number of nitrogens with two attached hydrogens (primary N) is 1. The van der Waals surface area contributed by atoms with E-state index in [0.29, 0.717) is 5.56 Å². The Kier molecular flexibility index (Phi) is 3.95. The van der Waals surface area contributed by atoms with E-state index in [1.165, 1.54) is 12.1 Å². The lowest BCUT2D eigenvalue weighted by atomic mass is 10.1. The van der Waals surface area contributed by atoms with Gasteiger partial charge in [0.05, 0.1) is 6.04 Å². The molecule has 0 bridgehead atoms. The Morgan fingerprint density at radius 1 is 1.38 bits per heavy atom. The van der Waals surface area contributed by atoms with E-state index in [1.54, 1.807) is 13.8 Å². The second-order valence-electron chi connectivity index (χ2n) is 3.68. The molecule has 1 aromatic rings. The van der Waals surface area contributed by atoms with Crippen molar-refractivity contribution in [1.82, 2.24) is 5.32 Å². The zero-order valence-corrected chi connectivity index (χ0v) is 9.13. The fourth-order valence-corrected chi connectivity index (χ4v) is 1.40. The predicted molar refractivity (Wildman–Crippen MR) is 56.6 cm³/mol. The zero-order chi connectivity index (χ0) is 12.3. The Hall–Kier alpha value is -1.49. The van der Waals surface area contributed by atoms with Gasteiger partial charge in [-0.25, -0.2) is 8.78 Å². The Bertz CT molecular complexity index is 396. The average Bonchev–Trinajstić information content (AvgIpc) is 2.16. The second-order valence-corrected chi connectivity index (χ2v) is 3.68. The maximum Gasteiger partial charge on any atom is 0.234 e. The molecule has 16 heavy (non-hydrogen) atoms. The predicted octanol–water partition coefficient (Wildman–Crippen LogP) is 1.49. The van der Waals surface area contributed by atoms with Gasteiger partial charge >= 0.3 is 0 Å². The third kappa shape index (κ3) is 3.00.